The summed E-state index contributed by atoms with van der Waals surface area (Å²) in [5, 5.41) is 0. The molecule has 1 saturated heterocycles. The number of esters is 1. The van der Waals surface area contributed by atoms with Gasteiger partial charge in [-0.25, -0.2) is 14.6 Å². The van der Waals surface area contributed by atoms with Gasteiger partial charge in [-0.15, -0.1) is 11.3 Å². The molecular formula is C24H39N3O5SSi. The van der Waals surface area contributed by atoms with E-state index < -0.39 is 13.7 Å². The average molecular weight is 510 g/mol. The Hall–Kier alpha value is -1.91. The number of fused-ring (bicyclic) bond motifs is 1. The van der Waals surface area contributed by atoms with Gasteiger partial charge in [0.25, 0.3) is 0 Å². The van der Waals surface area contributed by atoms with Gasteiger partial charge in [0, 0.05) is 21.2 Å². The predicted molar refractivity (Wildman–Crippen MR) is 137 cm³/mol. The second-order valence-corrected chi connectivity index (χ2v) is 17.9. The van der Waals surface area contributed by atoms with Gasteiger partial charge in [-0.05, 0) is 52.1 Å². The first-order valence-corrected chi connectivity index (χ1v) is 16.6. The van der Waals surface area contributed by atoms with Crippen LogP contribution in [0.25, 0.3) is 10.3 Å². The number of ether oxygens (including phenoxy) is 3. The second-order valence-electron chi connectivity index (χ2n) is 11.3. The topological polar surface area (TPSA) is 82.9 Å². The molecule has 2 aromatic heterocycles. The van der Waals surface area contributed by atoms with Crippen molar-refractivity contribution >= 4 is 41.8 Å². The van der Waals surface area contributed by atoms with Gasteiger partial charge >= 0.3 is 12.1 Å². The van der Waals surface area contributed by atoms with E-state index in [0.29, 0.717) is 37.3 Å². The van der Waals surface area contributed by atoms with Gasteiger partial charge in [-0.1, -0.05) is 26.6 Å². The van der Waals surface area contributed by atoms with Crippen LogP contribution in [0.2, 0.25) is 25.7 Å². The fourth-order valence-corrected chi connectivity index (χ4v) is 5.66. The zero-order valence-corrected chi connectivity index (χ0v) is 23.6. The number of carbonyl (C=O) groups excluding carboxylic acids is 2. The van der Waals surface area contributed by atoms with E-state index in [9.17, 15) is 9.59 Å². The number of aromatic nitrogens is 2. The van der Waals surface area contributed by atoms with E-state index >= 15 is 0 Å². The summed E-state index contributed by atoms with van der Waals surface area (Å²) in [6.07, 6.45) is 0.468. The van der Waals surface area contributed by atoms with Crippen LogP contribution in [0.3, 0.4) is 0 Å². The lowest BCUT2D eigenvalue weighted by Crippen LogP contribution is -2.37. The molecule has 0 aliphatic carbocycles. The smallest absolute Gasteiger partial charge is 0.410 e. The van der Waals surface area contributed by atoms with Gasteiger partial charge in [0.1, 0.15) is 27.9 Å². The maximum Gasteiger partial charge on any atom is 0.410 e. The highest BCUT2D eigenvalue weighted by molar-refractivity contribution is 7.20. The molecule has 10 heteroatoms. The van der Waals surface area contributed by atoms with Crippen LogP contribution in [0.4, 0.5) is 4.79 Å². The van der Waals surface area contributed by atoms with Gasteiger partial charge in [0.2, 0.25) is 0 Å². The predicted octanol–water partition coefficient (Wildman–Crippen LogP) is 5.90. The quantitative estimate of drug-likeness (QED) is 0.250. The number of nitrogens with zero attached hydrogens (tertiary/aromatic N) is 3. The molecule has 3 heterocycles. The molecular weight excluding hydrogens is 470 g/mol. The maximum atomic E-state index is 13.0. The van der Waals surface area contributed by atoms with E-state index in [-0.39, 0.29) is 18.1 Å². The first-order chi connectivity index (χ1) is 15.8. The Morgan fingerprint density at radius 2 is 1.97 bits per heavy atom. The van der Waals surface area contributed by atoms with Crippen molar-refractivity contribution in [2.75, 3.05) is 19.8 Å². The standard InChI is InChI=1S/C24H39N3O5SSi/c1-9-31-22(28)19-13-18-21(33-19)25-20(27(18)15-30-10-11-34(6,7)8)17-12-16(2)14-26(17)23(29)32-24(3,4)5/h13,16-17H,9-12,14-15H2,1-8H3/t16-,17-/m0/s1. The van der Waals surface area contributed by atoms with Crippen molar-refractivity contribution < 1.29 is 23.8 Å². The van der Waals surface area contributed by atoms with Crippen molar-refractivity contribution in [3.63, 3.8) is 0 Å². The molecule has 3 rings (SSSR count). The molecule has 0 radical (unpaired) electrons. The molecule has 2 aromatic rings. The molecule has 1 fully saturated rings. The first kappa shape index (κ1) is 26.7. The molecule has 0 bridgehead atoms. The summed E-state index contributed by atoms with van der Waals surface area (Å²) in [4.78, 5) is 33.3. The molecule has 0 unspecified atom stereocenters. The maximum absolute atomic E-state index is 13.0. The Labute approximate surface area is 207 Å². The van der Waals surface area contributed by atoms with Gasteiger partial charge in [-0.3, -0.25) is 4.90 Å². The van der Waals surface area contributed by atoms with Crippen molar-refractivity contribution in [3.05, 3.63) is 16.8 Å². The third-order valence-corrected chi connectivity index (χ3v) is 8.31. The van der Waals surface area contributed by atoms with Gasteiger partial charge in [0.15, 0.2) is 0 Å². The third-order valence-electron chi connectivity index (χ3n) is 5.61. The Morgan fingerprint density at radius 1 is 1.26 bits per heavy atom. The largest absolute Gasteiger partial charge is 0.462 e. The average Bonchev–Trinajstić information content (AvgIpc) is 3.36. The minimum absolute atomic E-state index is 0.212. The Morgan fingerprint density at radius 3 is 2.59 bits per heavy atom. The molecule has 1 aliphatic rings. The third kappa shape index (κ3) is 6.60. The molecule has 34 heavy (non-hydrogen) atoms. The van der Waals surface area contributed by atoms with Gasteiger partial charge in [0.05, 0.1) is 18.2 Å². The lowest BCUT2D eigenvalue weighted by atomic mass is 10.1. The summed E-state index contributed by atoms with van der Waals surface area (Å²) in [5.74, 6) is 0.756. The van der Waals surface area contributed by atoms with Crippen molar-refractivity contribution in [2.24, 2.45) is 5.92 Å². The number of imidazole rings is 1. The van der Waals surface area contributed by atoms with Crippen LogP contribution in [0, 0.1) is 5.92 Å². The highest BCUT2D eigenvalue weighted by Crippen LogP contribution is 2.39. The summed E-state index contributed by atoms with van der Waals surface area (Å²) in [7, 11) is -1.23. The van der Waals surface area contributed by atoms with E-state index in [2.05, 4.69) is 26.6 Å². The summed E-state index contributed by atoms with van der Waals surface area (Å²) in [5.41, 5.74) is 0.261. The van der Waals surface area contributed by atoms with Crippen LogP contribution >= 0.6 is 11.3 Å². The molecule has 190 valence electrons. The Bertz CT molecular complexity index is 1020. The van der Waals surface area contributed by atoms with Crippen LogP contribution in [-0.4, -0.2) is 59.9 Å². The van der Waals surface area contributed by atoms with E-state index in [1.807, 2.05) is 31.4 Å². The minimum Gasteiger partial charge on any atom is -0.462 e. The monoisotopic (exact) mass is 509 g/mol. The van der Waals surface area contributed by atoms with Crippen molar-refractivity contribution in [2.45, 2.75) is 85.1 Å². The number of rotatable bonds is 8. The van der Waals surface area contributed by atoms with E-state index in [1.165, 1.54) is 11.3 Å². The van der Waals surface area contributed by atoms with Crippen LogP contribution in [0.1, 0.15) is 62.6 Å². The molecule has 1 amide bonds. The number of thiophene rings is 1. The zero-order valence-electron chi connectivity index (χ0n) is 21.8. The normalized spacial score (nSPS) is 19.1. The SMILES string of the molecule is CCOC(=O)c1cc2c(nc([C@@H]3C[C@H](C)CN3C(=O)OC(C)(C)C)n2COCC[Si](C)(C)C)s1. The number of hydrogen-bond acceptors (Lipinski definition) is 7. The molecule has 1 aliphatic heterocycles. The number of hydrogen-bond donors (Lipinski definition) is 0. The van der Waals surface area contributed by atoms with Crippen molar-refractivity contribution in [1.82, 2.24) is 14.5 Å². The number of likely N-dealkylation sites (tertiary alicyclic amines) is 1. The fourth-order valence-electron chi connectivity index (χ4n) is 3.97. The summed E-state index contributed by atoms with van der Waals surface area (Å²) >= 11 is 1.31. The Balaban J connectivity index is 1.94. The summed E-state index contributed by atoms with van der Waals surface area (Å²) in [6, 6.07) is 2.67. The molecule has 0 saturated carbocycles. The van der Waals surface area contributed by atoms with Crippen LogP contribution in [0.15, 0.2) is 6.07 Å². The highest BCUT2D eigenvalue weighted by Gasteiger charge is 2.39. The molecule has 0 aromatic carbocycles. The van der Waals surface area contributed by atoms with E-state index in [1.54, 1.807) is 11.8 Å². The van der Waals surface area contributed by atoms with Gasteiger partial charge < -0.3 is 18.8 Å². The highest BCUT2D eigenvalue weighted by atomic mass is 32.1. The lowest BCUT2D eigenvalue weighted by Gasteiger charge is -2.28. The molecule has 0 N–H and O–H groups in total. The summed E-state index contributed by atoms with van der Waals surface area (Å²) < 4.78 is 19.0. The zero-order chi connectivity index (χ0) is 25.3. The molecule has 0 spiro atoms. The molecule has 8 nitrogen and oxygen atoms in total. The minimum atomic E-state index is -1.23. The van der Waals surface area contributed by atoms with Crippen LogP contribution in [-0.2, 0) is 20.9 Å². The first-order valence-electron chi connectivity index (χ1n) is 12.0. The fraction of sp³-hybridized carbons (Fsp3) is 0.708. The van der Waals surface area contributed by atoms with Crippen LogP contribution < -0.4 is 0 Å². The number of carbonyl (C=O) groups is 2. The Kier molecular flexibility index (Phi) is 8.14. The number of amides is 1. The van der Waals surface area contributed by atoms with Crippen molar-refractivity contribution in [3.8, 4) is 0 Å². The summed E-state index contributed by atoms with van der Waals surface area (Å²) in [6.45, 7) is 18.4. The van der Waals surface area contributed by atoms with Crippen LogP contribution in [0.5, 0.6) is 0 Å². The van der Waals surface area contributed by atoms with Crippen molar-refractivity contribution in [1.29, 1.82) is 0 Å². The van der Waals surface area contributed by atoms with E-state index in [4.69, 9.17) is 19.2 Å². The molecule has 2 atom stereocenters. The second kappa shape index (κ2) is 10.4. The van der Waals surface area contributed by atoms with E-state index in [0.717, 1.165) is 28.6 Å². The van der Waals surface area contributed by atoms with Gasteiger partial charge in [-0.2, -0.15) is 0 Å². The lowest BCUT2D eigenvalue weighted by molar-refractivity contribution is 0.0201.